The molecule has 106 valence electrons. The molecule has 1 unspecified atom stereocenters. The third-order valence-corrected chi connectivity index (χ3v) is 4.45. The Morgan fingerprint density at radius 3 is 2.67 bits per heavy atom. The maximum absolute atomic E-state index is 13.5. The van der Waals surface area contributed by atoms with E-state index in [0.29, 0.717) is 0 Å². The summed E-state index contributed by atoms with van der Waals surface area (Å²) in [7, 11) is 0. The Kier molecular flexibility index (Phi) is 3.88. The summed E-state index contributed by atoms with van der Waals surface area (Å²) in [6.07, 6.45) is 3.76. The van der Waals surface area contributed by atoms with E-state index in [4.69, 9.17) is 0 Å². The molecular formula is C17H14BrFN2. The number of benzene rings is 2. The molecule has 0 saturated carbocycles. The van der Waals surface area contributed by atoms with E-state index in [1.54, 1.807) is 18.3 Å². The van der Waals surface area contributed by atoms with Crippen molar-refractivity contribution >= 4 is 15.9 Å². The van der Waals surface area contributed by atoms with Gasteiger partial charge in [-0.25, -0.2) is 9.07 Å². The Balaban J connectivity index is 1.94. The average Bonchev–Trinajstić information content (AvgIpc) is 3.00. The quantitative estimate of drug-likeness (QED) is 0.623. The molecule has 0 aliphatic heterocycles. The molecule has 1 heterocycles. The van der Waals surface area contributed by atoms with Gasteiger partial charge in [0.05, 0.1) is 16.7 Å². The molecule has 21 heavy (non-hydrogen) atoms. The van der Waals surface area contributed by atoms with E-state index < -0.39 is 0 Å². The predicted octanol–water partition coefficient (Wildman–Crippen LogP) is 4.80. The van der Waals surface area contributed by atoms with Crippen molar-refractivity contribution in [2.75, 3.05) is 0 Å². The lowest BCUT2D eigenvalue weighted by atomic mass is 10.0. The van der Waals surface area contributed by atoms with Gasteiger partial charge < -0.3 is 0 Å². The molecule has 2 aromatic carbocycles. The fourth-order valence-electron chi connectivity index (χ4n) is 2.25. The smallest absolute Gasteiger partial charge is 0.123 e. The van der Waals surface area contributed by atoms with Gasteiger partial charge in [0.25, 0.3) is 0 Å². The van der Waals surface area contributed by atoms with Crippen LogP contribution in [0.25, 0.3) is 5.69 Å². The number of rotatable bonds is 3. The van der Waals surface area contributed by atoms with Crippen LogP contribution >= 0.6 is 15.9 Å². The van der Waals surface area contributed by atoms with Crippen LogP contribution in [-0.4, -0.2) is 9.78 Å². The first-order valence-electron chi connectivity index (χ1n) is 6.65. The Bertz CT molecular complexity index is 752. The van der Waals surface area contributed by atoms with E-state index in [1.165, 1.54) is 6.07 Å². The number of halogens is 2. The van der Waals surface area contributed by atoms with Crippen molar-refractivity contribution in [3.63, 3.8) is 0 Å². The monoisotopic (exact) mass is 344 g/mol. The largest absolute Gasteiger partial charge is 0.241 e. The van der Waals surface area contributed by atoms with E-state index in [9.17, 15) is 4.39 Å². The zero-order valence-electron chi connectivity index (χ0n) is 11.5. The normalized spacial score (nSPS) is 12.3. The molecule has 1 aromatic heterocycles. The number of hydrogen-bond donors (Lipinski definition) is 0. The maximum atomic E-state index is 13.5. The van der Waals surface area contributed by atoms with E-state index in [2.05, 4.69) is 21.0 Å². The Morgan fingerprint density at radius 1 is 1.14 bits per heavy atom. The second-order valence-electron chi connectivity index (χ2n) is 4.92. The molecule has 0 spiro atoms. The third kappa shape index (κ3) is 2.90. The SMILES string of the molecule is Cc1ccc(F)cc1C(Br)c1cnn(-c2ccccc2)c1. The minimum Gasteiger partial charge on any atom is -0.241 e. The molecule has 3 aromatic rings. The van der Waals surface area contributed by atoms with Gasteiger partial charge in [0, 0.05) is 11.8 Å². The Labute approximate surface area is 131 Å². The predicted molar refractivity (Wildman–Crippen MR) is 85.5 cm³/mol. The van der Waals surface area contributed by atoms with Gasteiger partial charge in [0.1, 0.15) is 5.82 Å². The van der Waals surface area contributed by atoms with Crippen LogP contribution in [0.2, 0.25) is 0 Å². The van der Waals surface area contributed by atoms with Gasteiger partial charge >= 0.3 is 0 Å². The molecule has 0 saturated heterocycles. The third-order valence-electron chi connectivity index (χ3n) is 3.43. The van der Waals surface area contributed by atoms with Crippen molar-refractivity contribution in [2.45, 2.75) is 11.8 Å². The lowest BCUT2D eigenvalue weighted by Crippen LogP contribution is -1.96. The zero-order valence-corrected chi connectivity index (χ0v) is 13.1. The molecule has 0 N–H and O–H groups in total. The van der Waals surface area contributed by atoms with Gasteiger partial charge in [0.2, 0.25) is 0 Å². The van der Waals surface area contributed by atoms with Crippen molar-refractivity contribution in [3.8, 4) is 5.69 Å². The summed E-state index contributed by atoms with van der Waals surface area (Å²) in [4.78, 5) is -0.0781. The number of alkyl halides is 1. The van der Waals surface area contributed by atoms with Gasteiger partial charge in [-0.15, -0.1) is 0 Å². The standard InChI is InChI=1S/C17H14BrFN2/c1-12-7-8-14(19)9-16(12)17(18)13-10-20-21(11-13)15-5-3-2-4-6-15/h2-11,17H,1H3. The molecule has 0 radical (unpaired) electrons. The summed E-state index contributed by atoms with van der Waals surface area (Å²) >= 11 is 3.64. The molecule has 3 rings (SSSR count). The van der Waals surface area contributed by atoms with Crippen molar-refractivity contribution in [2.24, 2.45) is 0 Å². The fraction of sp³-hybridized carbons (Fsp3) is 0.118. The number of aromatic nitrogens is 2. The molecule has 1 atom stereocenters. The lowest BCUT2D eigenvalue weighted by molar-refractivity contribution is 0.625. The van der Waals surface area contributed by atoms with E-state index in [1.807, 2.05) is 48.1 Å². The van der Waals surface area contributed by atoms with Crippen molar-refractivity contribution < 1.29 is 4.39 Å². The zero-order chi connectivity index (χ0) is 14.8. The van der Waals surface area contributed by atoms with Crippen LogP contribution in [0.15, 0.2) is 60.9 Å². The molecular weight excluding hydrogens is 331 g/mol. The van der Waals surface area contributed by atoms with Crippen LogP contribution in [0.5, 0.6) is 0 Å². The highest BCUT2D eigenvalue weighted by atomic mass is 79.9. The number of aryl methyl sites for hydroxylation is 1. The minimum absolute atomic E-state index is 0.0781. The summed E-state index contributed by atoms with van der Waals surface area (Å²) in [6, 6.07) is 14.7. The number of hydrogen-bond acceptors (Lipinski definition) is 1. The van der Waals surface area contributed by atoms with E-state index >= 15 is 0 Å². The first-order valence-corrected chi connectivity index (χ1v) is 7.57. The molecule has 0 amide bonds. The van der Waals surface area contributed by atoms with Gasteiger partial charge in [0.15, 0.2) is 0 Å². The maximum Gasteiger partial charge on any atom is 0.123 e. The van der Waals surface area contributed by atoms with Crippen LogP contribution in [-0.2, 0) is 0 Å². The highest BCUT2D eigenvalue weighted by molar-refractivity contribution is 9.09. The minimum atomic E-state index is -0.226. The second kappa shape index (κ2) is 5.82. The summed E-state index contributed by atoms with van der Waals surface area (Å²) in [5, 5.41) is 4.38. The van der Waals surface area contributed by atoms with Gasteiger partial charge in [-0.3, -0.25) is 0 Å². The molecule has 0 aliphatic rings. The highest BCUT2D eigenvalue weighted by Gasteiger charge is 2.15. The lowest BCUT2D eigenvalue weighted by Gasteiger charge is -2.11. The number of nitrogens with zero attached hydrogens (tertiary/aromatic N) is 2. The first kappa shape index (κ1) is 14.0. The van der Waals surface area contributed by atoms with Crippen molar-refractivity contribution in [1.29, 1.82) is 0 Å². The van der Waals surface area contributed by atoms with Gasteiger partial charge in [-0.2, -0.15) is 5.10 Å². The first-order chi connectivity index (χ1) is 10.1. The molecule has 0 aliphatic carbocycles. The van der Waals surface area contributed by atoms with Crippen molar-refractivity contribution in [3.05, 3.63) is 83.4 Å². The Morgan fingerprint density at radius 2 is 1.90 bits per heavy atom. The summed E-state index contributed by atoms with van der Waals surface area (Å²) in [6.45, 7) is 1.98. The van der Waals surface area contributed by atoms with E-state index in [0.717, 1.165) is 22.4 Å². The molecule has 0 bridgehead atoms. The molecule has 0 fully saturated rings. The second-order valence-corrected chi connectivity index (χ2v) is 5.83. The van der Waals surface area contributed by atoms with Crippen LogP contribution in [0.4, 0.5) is 4.39 Å². The number of para-hydroxylation sites is 1. The van der Waals surface area contributed by atoms with Crippen LogP contribution in [0, 0.1) is 12.7 Å². The van der Waals surface area contributed by atoms with Crippen LogP contribution in [0.3, 0.4) is 0 Å². The topological polar surface area (TPSA) is 17.8 Å². The Hall–Kier alpha value is -1.94. The summed E-state index contributed by atoms with van der Waals surface area (Å²) < 4.78 is 15.3. The van der Waals surface area contributed by atoms with Crippen LogP contribution in [0.1, 0.15) is 21.5 Å². The van der Waals surface area contributed by atoms with Gasteiger partial charge in [-0.1, -0.05) is 40.2 Å². The average molecular weight is 345 g/mol. The summed E-state index contributed by atoms with van der Waals surface area (Å²) in [5.41, 5.74) is 3.96. The van der Waals surface area contributed by atoms with E-state index in [-0.39, 0.29) is 10.6 Å². The van der Waals surface area contributed by atoms with Crippen molar-refractivity contribution in [1.82, 2.24) is 9.78 Å². The molecule has 2 nitrogen and oxygen atoms in total. The summed E-state index contributed by atoms with van der Waals surface area (Å²) in [5.74, 6) is -0.226. The highest BCUT2D eigenvalue weighted by Crippen LogP contribution is 2.33. The molecule has 4 heteroatoms. The van der Waals surface area contributed by atoms with Gasteiger partial charge in [-0.05, 0) is 42.3 Å². The van der Waals surface area contributed by atoms with Crippen LogP contribution < -0.4 is 0 Å². The fourth-order valence-corrected chi connectivity index (χ4v) is 2.98.